The molecule has 1 aromatic heterocycles. The van der Waals surface area contributed by atoms with Gasteiger partial charge in [0.05, 0.1) is 19.6 Å². The van der Waals surface area contributed by atoms with Gasteiger partial charge < -0.3 is 31.1 Å². The Hall–Kier alpha value is -5.33. The van der Waals surface area contributed by atoms with Crippen molar-refractivity contribution in [2.75, 3.05) is 20.3 Å². The molecule has 0 bridgehead atoms. The molecule has 0 unspecified atom stereocenters. The second-order valence-corrected chi connectivity index (χ2v) is 12.2. The highest BCUT2D eigenvalue weighted by molar-refractivity contribution is 6.30. The zero-order valence-corrected chi connectivity index (χ0v) is 28.5. The lowest BCUT2D eigenvalue weighted by atomic mass is 9.95. The number of hydrogen-bond donors (Lipinski definition) is 5. The molecule has 0 aliphatic carbocycles. The molecule has 0 saturated carbocycles. The van der Waals surface area contributed by atoms with E-state index in [1.807, 2.05) is 42.5 Å². The second kappa shape index (κ2) is 18.4. The maximum atomic E-state index is 14.0. The Morgan fingerprint density at radius 1 is 0.740 bits per heavy atom. The number of hydrogen-bond acceptors (Lipinski definition) is 8. The largest absolute Gasteiger partial charge is 0.467 e. The first kappa shape index (κ1) is 37.5. The summed E-state index contributed by atoms with van der Waals surface area (Å²) in [6.07, 6.45) is 3.39. The molecule has 50 heavy (non-hydrogen) atoms. The lowest BCUT2D eigenvalue weighted by Crippen LogP contribution is -2.58. The van der Waals surface area contributed by atoms with E-state index in [-0.39, 0.29) is 31.7 Å². The molecule has 5 N–H and O–H groups in total. The van der Waals surface area contributed by atoms with Crippen LogP contribution in [0.4, 0.5) is 0 Å². The molecule has 3 aromatic carbocycles. The number of nitrogens with zero attached hydrogens (tertiary/aromatic N) is 1. The first-order valence-corrected chi connectivity index (χ1v) is 16.4. The molecule has 13 heteroatoms. The molecule has 0 spiro atoms. The Kier molecular flexibility index (Phi) is 13.8. The van der Waals surface area contributed by atoms with Crippen LogP contribution in [0.5, 0.6) is 0 Å². The van der Waals surface area contributed by atoms with Crippen molar-refractivity contribution in [3.05, 3.63) is 113 Å². The molecular formula is C37H40ClN5O7. The van der Waals surface area contributed by atoms with Crippen LogP contribution in [0.2, 0.25) is 5.02 Å². The third-order valence-corrected chi connectivity index (χ3v) is 8.28. The van der Waals surface area contributed by atoms with Crippen molar-refractivity contribution in [3.63, 3.8) is 0 Å². The Labute approximate surface area is 295 Å². The summed E-state index contributed by atoms with van der Waals surface area (Å²) < 4.78 is 4.67. The summed E-state index contributed by atoms with van der Waals surface area (Å²) in [6, 6.07) is 20.1. The van der Waals surface area contributed by atoms with Crippen LogP contribution in [0, 0.1) is 5.92 Å². The number of aromatic nitrogens is 1. The number of benzene rings is 3. The van der Waals surface area contributed by atoms with Crippen molar-refractivity contribution >= 4 is 52.0 Å². The first-order chi connectivity index (χ1) is 24.1. The van der Waals surface area contributed by atoms with Gasteiger partial charge in [0.15, 0.2) is 6.04 Å². The van der Waals surface area contributed by atoms with E-state index in [0.29, 0.717) is 16.1 Å². The van der Waals surface area contributed by atoms with Gasteiger partial charge in [0.25, 0.3) is 0 Å². The van der Waals surface area contributed by atoms with Gasteiger partial charge in [-0.05, 0) is 52.1 Å². The Bertz CT molecular complexity index is 1790. The lowest BCUT2D eigenvalue weighted by molar-refractivity contribution is -0.146. The van der Waals surface area contributed by atoms with Gasteiger partial charge >= 0.3 is 5.97 Å². The van der Waals surface area contributed by atoms with E-state index in [4.69, 9.17) is 11.6 Å². The SMILES string of the molecule is COC(=O)[C@H](CO)NC(=O)[C@@H](Cc1cccnc1)NC(=O)[C@@H](Cc1ccc(Cl)cc1)NC(=O)[C@H](CNC(C)=O)Cc1ccc2ccccc2c1. The molecule has 0 radical (unpaired) electrons. The summed E-state index contributed by atoms with van der Waals surface area (Å²) in [5.74, 6) is -3.85. The van der Waals surface area contributed by atoms with E-state index in [9.17, 15) is 29.1 Å². The fourth-order valence-electron chi connectivity index (χ4n) is 5.36. The van der Waals surface area contributed by atoms with Gasteiger partial charge in [0, 0.05) is 43.7 Å². The summed E-state index contributed by atoms with van der Waals surface area (Å²) in [5, 5.41) is 22.9. The summed E-state index contributed by atoms with van der Waals surface area (Å²) in [4.78, 5) is 69.5. The number of pyridine rings is 1. The first-order valence-electron chi connectivity index (χ1n) is 16.0. The highest BCUT2D eigenvalue weighted by Gasteiger charge is 2.32. The van der Waals surface area contributed by atoms with Crippen LogP contribution >= 0.6 is 11.6 Å². The number of amides is 4. The number of aliphatic hydroxyl groups is 1. The standard InChI is InChI=1S/C37H40ClN5O7/c1-23(45)40-21-29(17-25-9-12-27-7-3-4-8-28(27)16-25)34(46)41-31(18-24-10-13-30(38)14-11-24)35(47)42-32(19-26-6-5-15-39-20-26)36(48)43-33(22-44)37(49)50-2/h3-16,20,29,31-33,44H,17-19,21-22H2,1-2H3,(H,40,45)(H,41,46)(H,42,47)(H,43,48)/t29-,31+,32+,33-/m0/s1. The molecule has 4 amide bonds. The summed E-state index contributed by atoms with van der Waals surface area (Å²) in [6.45, 7) is 0.649. The molecule has 0 aliphatic heterocycles. The van der Waals surface area contributed by atoms with Gasteiger partial charge in [-0.15, -0.1) is 0 Å². The lowest BCUT2D eigenvalue weighted by Gasteiger charge is -2.26. The average molecular weight is 702 g/mol. The summed E-state index contributed by atoms with van der Waals surface area (Å²) in [7, 11) is 1.12. The molecule has 12 nitrogen and oxygen atoms in total. The number of fused-ring (bicyclic) bond motifs is 1. The van der Waals surface area contributed by atoms with Gasteiger partial charge in [0.2, 0.25) is 23.6 Å². The quantitative estimate of drug-likeness (QED) is 0.111. The summed E-state index contributed by atoms with van der Waals surface area (Å²) >= 11 is 6.09. The maximum absolute atomic E-state index is 14.0. The summed E-state index contributed by atoms with van der Waals surface area (Å²) in [5.41, 5.74) is 2.16. The zero-order valence-electron chi connectivity index (χ0n) is 27.7. The molecule has 0 aliphatic rings. The van der Waals surface area contributed by atoms with Crippen molar-refractivity contribution in [1.82, 2.24) is 26.3 Å². The van der Waals surface area contributed by atoms with E-state index in [1.165, 1.54) is 13.1 Å². The maximum Gasteiger partial charge on any atom is 0.330 e. The van der Waals surface area contributed by atoms with Gasteiger partial charge in [-0.1, -0.05) is 72.3 Å². The van der Waals surface area contributed by atoms with E-state index in [2.05, 4.69) is 31.0 Å². The van der Waals surface area contributed by atoms with E-state index >= 15 is 0 Å². The second-order valence-electron chi connectivity index (χ2n) is 11.8. The van der Waals surface area contributed by atoms with Crippen molar-refractivity contribution in [2.45, 2.75) is 44.3 Å². The minimum atomic E-state index is -1.37. The topological polar surface area (TPSA) is 176 Å². The van der Waals surface area contributed by atoms with Gasteiger partial charge in [-0.25, -0.2) is 4.79 Å². The minimum Gasteiger partial charge on any atom is -0.467 e. The van der Waals surface area contributed by atoms with Gasteiger partial charge in [-0.2, -0.15) is 0 Å². The van der Waals surface area contributed by atoms with E-state index in [1.54, 1.807) is 42.6 Å². The molecule has 0 saturated heterocycles. The monoisotopic (exact) mass is 701 g/mol. The Balaban J connectivity index is 1.61. The number of aliphatic hydroxyl groups excluding tert-OH is 1. The number of carbonyl (C=O) groups is 5. The smallest absolute Gasteiger partial charge is 0.330 e. The van der Waals surface area contributed by atoms with Crippen LogP contribution in [0.15, 0.2) is 91.3 Å². The minimum absolute atomic E-state index is 0.0144. The predicted molar refractivity (Wildman–Crippen MR) is 188 cm³/mol. The third-order valence-electron chi connectivity index (χ3n) is 8.03. The molecule has 0 fully saturated rings. The third kappa shape index (κ3) is 11.1. The number of ether oxygens (including phenoxy) is 1. The number of methoxy groups -OCH3 is 1. The van der Waals surface area contributed by atoms with Crippen molar-refractivity contribution < 1.29 is 33.8 Å². The molecular weight excluding hydrogens is 662 g/mol. The molecule has 262 valence electrons. The molecule has 1 heterocycles. The van der Waals surface area contributed by atoms with Crippen LogP contribution in [-0.4, -0.2) is 78.1 Å². The van der Waals surface area contributed by atoms with Crippen molar-refractivity contribution in [1.29, 1.82) is 0 Å². The van der Waals surface area contributed by atoms with Crippen LogP contribution in [0.3, 0.4) is 0 Å². The molecule has 4 rings (SSSR count). The average Bonchev–Trinajstić information content (AvgIpc) is 3.12. The number of halogens is 1. The van der Waals surface area contributed by atoms with Gasteiger partial charge in [0.1, 0.15) is 12.1 Å². The fraction of sp³-hybridized carbons (Fsp3) is 0.297. The number of rotatable bonds is 16. The van der Waals surface area contributed by atoms with Crippen LogP contribution in [0.25, 0.3) is 10.8 Å². The van der Waals surface area contributed by atoms with Crippen LogP contribution in [-0.2, 0) is 48.0 Å². The molecule has 4 atom stereocenters. The van der Waals surface area contributed by atoms with Crippen LogP contribution in [0.1, 0.15) is 23.6 Å². The number of carbonyl (C=O) groups excluding carboxylic acids is 5. The Morgan fingerprint density at radius 2 is 1.36 bits per heavy atom. The fourth-order valence-corrected chi connectivity index (χ4v) is 5.49. The predicted octanol–water partition coefficient (Wildman–Crippen LogP) is 2.29. The number of nitrogens with one attached hydrogen (secondary N) is 4. The zero-order chi connectivity index (χ0) is 36.0. The number of esters is 1. The van der Waals surface area contributed by atoms with Gasteiger partial charge in [-0.3, -0.25) is 24.2 Å². The van der Waals surface area contributed by atoms with Crippen molar-refractivity contribution in [3.8, 4) is 0 Å². The normalized spacial score (nSPS) is 13.3. The Morgan fingerprint density at radius 3 is 1.98 bits per heavy atom. The van der Waals surface area contributed by atoms with E-state index < -0.39 is 54.3 Å². The van der Waals surface area contributed by atoms with E-state index in [0.717, 1.165) is 23.4 Å². The molecule has 4 aromatic rings. The highest BCUT2D eigenvalue weighted by atomic mass is 35.5. The van der Waals surface area contributed by atoms with Crippen molar-refractivity contribution in [2.24, 2.45) is 5.92 Å². The highest BCUT2D eigenvalue weighted by Crippen LogP contribution is 2.19. The van der Waals surface area contributed by atoms with Crippen LogP contribution < -0.4 is 21.3 Å².